The van der Waals surface area contributed by atoms with Crippen LogP contribution < -0.4 is 0 Å². The summed E-state index contributed by atoms with van der Waals surface area (Å²) in [7, 11) is 1.21. The standard InChI is InChI=1S/C18H22FN2O3/c1-12-6-9-21(10-11-21)16(12)24-14-5-7-18(19,17(22)23-2)13-4-3-8-20-15(13)14/h3-4,8,14H,5-7,9-11H2,1-2H3/q+1/t14-,18+/m1/s1. The smallest absolute Gasteiger partial charge is 0.348 e. The van der Waals surface area contributed by atoms with Gasteiger partial charge in [-0.2, -0.15) is 0 Å². The van der Waals surface area contributed by atoms with Crippen LogP contribution in [0.25, 0.3) is 0 Å². The first-order valence-corrected chi connectivity index (χ1v) is 8.46. The van der Waals surface area contributed by atoms with Crippen molar-refractivity contribution in [3.05, 3.63) is 41.0 Å². The lowest BCUT2D eigenvalue weighted by Crippen LogP contribution is -2.38. The second-order valence-electron chi connectivity index (χ2n) is 7.03. The van der Waals surface area contributed by atoms with E-state index in [0.29, 0.717) is 12.1 Å². The van der Waals surface area contributed by atoms with Crippen molar-refractivity contribution < 1.29 is 23.1 Å². The van der Waals surface area contributed by atoms with E-state index in [1.165, 1.54) is 12.7 Å². The Hall–Kier alpha value is -1.95. The lowest BCUT2D eigenvalue weighted by Gasteiger charge is -2.34. The zero-order chi connectivity index (χ0) is 16.9. The molecule has 0 bridgehead atoms. The Balaban J connectivity index is 1.68. The van der Waals surface area contributed by atoms with E-state index in [2.05, 4.69) is 16.6 Å². The van der Waals surface area contributed by atoms with Crippen molar-refractivity contribution in [1.82, 2.24) is 4.98 Å². The number of nitrogens with zero attached hydrogens (tertiary/aromatic N) is 2. The first-order chi connectivity index (χ1) is 11.5. The van der Waals surface area contributed by atoms with Crippen molar-refractivity contribution in [3.63, 3.8) is 0 Å². The highest BCUT2D eigenvalue weighted by atomic mass is 19.1. The summed E-state index contributed by atoms with van der Waals surface area (Å²) >= 11 is 0. The molecular formula is C18H22FN2O3+. The Kier molecular flexibility index (Phi) is 3.42. The highest BCUT2D eigenvalue weighted by molar-refractivity contribution is 5.82. The zero-order valence-corrected chi connectivity index (χ0v) is 14.0. The lowest BCUT2D eigenvalue weighted by molar-refractivity contribution is -0.771. The fraction of sp³-hybridized carbons (Fsp3) is 0.556. The maximum atomic E-state index is 15.3. The highest BCUT2D eigenvalue weighted by Gasteiger charge is 2.55. The SMILES string of the molecule is COC(=O)[C@]1(F)CC[C@@H](OC2=C(C)CC[N+]23CC3)c2ncccc21. The molecule has 0 amide bonds. The van der Waals surface area contributed by atoms with E-state index < -0.39 is 11.6 Å². The molecule has 128 valence electrons. The van der Waals surface area contributed by atoms with Crippen molar-refractivity contribution in [2.45, 2.75) is 38.0 Å². The summed E-state index contributed by atoms with van der Waals surface area (Å²) in [5.74, 6) is 0.168. The zero-order valence-electron chi connectivity index (χ0n) is 14.0. The number of pyridine rings is 1. The number of carbonyl (C=O) groups is 1. The maximum Gasteiger partial charge on any atom is 0.348 e. The lowest BCUT2D eigenvalue weighted by atomic mass is 9.81. The van der Waals surface area contributed by atoms with E-state index in [0.717, 1.165) is 36.4 Å². The van der Waals surface area contributed by atoms with Crippen LogP contribution in [0.15, 0.2) is 29.8 Å². The summed E-state index contributed by atoms with van der Waals surface area (Å²) in [5.41, 5.74) is -0.0655. The number of fused-ring (bicyclic) bond motifs is 1. The molecule has 24 heavy (non-hydrogen) atoms. The molecule has 1 saturated heterocycles. The van der Waals surface area contributed by atoms with E-state index in [-0.39, 0.29) is 18.1 Å². The minimum absolute atomic E-state index is 0.0510. The number of rotatable bonds is 3. The van der Waals surface area contributed by atoms with Gasteiger partial charge in [-0.05, 0) is 19.4 Å². The predicted molar refractivity (Wildman–Crippen MR) is 84.3 cm³/mol. The molecule has 6 heteroatoms. The van der Waals surface area contributed by atoms with Crippen LogP contribution in [-0.2, 0) is 19.9 Å². The van der Waals surface area contributed by atoms with Crippen LogP contribution in [0.3, 0.4) is 0 Å². The van der Waals surface area contributed by atoms with E-state index >= 15 is 4.39 Å². The summed E-state index contributed by atoms with van der Waals surface area (Å²) in [6.45, 7) is 5.43. The number of halogens is 1. The van der Waals surface area contributed by atoms with Gasteiger partial charge in [-0.15, -0.1) is 0 Å². The van der Waals surface area contributed by atoms with Crippen LogP contribution in [0.1, 0.15) is 43.5 Å². The van der Waals surface area contributed by atoms with Crippen LogP contribution in [-0.4, -0.2) is 42.2 Å². The van der Waals surface area contributed by atoms with Gasteiger partial charge in [0, 0.05) is 30.2 Å². The monoisotopic (exact) mass is 333 g/mol. The number of methoxy groups -OCH3 is 1. The van der Waals surface area contributed by atoms with Gasteiger partial charge in [0.05, 0.1) is 19.3 Å². The number of ether oxygens (including phenoxy) is 2. The van der Waals surface area contributed by atoms with Crippen molar-refractivity contribution in [2.24, 2.45) is 0 Å². The van der Waals surface area contributed by atoms with E-state index in [4.69, 9.17) is 4.74 Å². The summed E-state index contributed by atoms with van der Waals surface area (Å²) in [5, 5.41) is 0. The Labute approximate surface area is 140 Å². The van der Waals surface area contributed by atoms with Gasteiger partial charge in [0.15, 0.2) is 0 Å². The van der Waals surface area contributed by atoms with Crippen LogP contribution in [0.4, 0.5) is 4.39 Å². The van der Waals surface area contributed by atoms with E-state index in [1.807, 2.05) is 0 Å². The van der Waals surface area contributed by atoms with Crippen LogP contribution in [0, 0.1) is 0 Å². The van der Waals surface area contributed by atoms with Gasteiger partial charge in [-0.3, -0.25) is 9.47 Å². The molecule has 2 atom stereocenters. The van der Waals surface area contributed by atoms with Gasteiger partial charge in [-0.1, -0.05) is 6.07 Å². The molecule has 1 fully saturated rings. The summed E-state index contributed by atoms with van der Waals surface area (Å²) in [6.07, 6.45) is 2.82. The third-order valence-electron chi connectivity index (χ3n) is 5.56. The van der Waals surface area contributed by atoms with Crippen LogP contribution in [0.2, 0.25) is 0 Å². The summed E-state index contributed by atoms with van der Waals surface area (Å²) < 4.78 is 27.2. The van der Waals surface area contributed by atoms with Gasteiger partial charge >= 0.3 is 5.97 Å². The van der Waals surface area contributed by atoms with Gasteiger partial charge < -0.3 is 9.47 Å². The maximum absolute atomic E-state index is 15.3. The van der Waals surface area contributed by atoms with Crippen molar-refractivity contribution in [3.8, 4) is 0 Å². The second kappa shape index (κ2) is 5.28. The molecule has 3 aliphatic rings. The number of carbonyl (C=O) groups excluding carboxylic acids is 1. The largest absolute Gasteiger partial charge is 0.466 e. The quantitative estimate of drug-likeness (QED) is 0.485. The Bertz CT molecular complexity index is 729. The van der Waals surface area contributed by atoms with Crippen LogP contribution >= 0.6 is 0 Å². The van der Waals surface area contributed by atoms with E-state index in [9.17, 15) is 4.79 Å². The molecule has 0 aromatic carbocycles. The minimum Gasteiger partial charge on any atom is -0.466 e. The van der Waals surface area contributed by atoms with Crippen molar-refractivity contribution >= 4 is 5.97 Å². The van der Waals surface area contributed by atoms with Crippen LogP contribution in [0.5, 0.6) is 0 Å². The highest BCUT2D eigenvalue weighted by Crippen LogP contribution is 2.48. The van der Waals surface area contributed by atoms with Gasteiger partial charge in [0.1, 0.15) is 19.2 Å². The number of hydrogen-bond donors (Lipinski definition) is 0. The molecule has 2 aliphatic heterocycles. The molecule has 5 nitrogen and oxygen atoms in total. The fourth-order valence-electron chi connectivity index (χ4n) is 3.99. The van der Waals surface area contributed by atoms with Crippen molar-refractivity contribution in [1.29, 1.82) is 0 Å². The van der Waals surface area contributed by atoms with Gasteiger partial charge in [0.25, 0.3) is 5.88 Å². The number of esters is 1. The molecule has 0 radical (unpaired) electrons. The average Bonchev–Trinajstić information content (AvgIpc) is 3.33. The molecule has 3 heterocycles. The number of quaternary nitrogens is 1. The van der Waals surface area contributed by atoms with Gasteiger partial charge in [-0.25, -0.2) is 9.18 Å². The average molecular weight is 333 g/mol. The summed E-state index contributed by atoms with van der Waals surface area (Å²) in [4.78, 5) is 16.3. The second-order valence-corrected chi connectivity index (χ2v) is 7.03. The Morgan fingerprint density at radius 2 is 2.21 bits per heavy atom. The Morgan fingerprint density at radius 3 is 2.92 bits per heavy atom. The normalized spacial score (nSPS) is 30.2. The fourth-order valence-corrected chi connectivity index (χ4v) is 3.99. The number of alkyl halides is 1. The first kappa shape index (κ1) is 15.6. The third kappa shape index (κ3) is 2.16. The first-order valence-electron chi connectivity index (χ1n) is 8.46. The molecule has 0 N–H and O–H groups in total. The molecule has 0 saturated carbocycles. The summed E-state index contributed by atoms with van der Waals surface area (Å²) in [6, 6.07) is 3.27. The van der Waals surface area contributed by atoms with E-state index in [1.54, 1.807) is 18.3 Å². The van der Waals surface area contributed by atoms with Crippen molar-refractivity contribution in [2.75, 3.05) is 26.7 Å². The number of aromatic nitrogens is 1. The number of hydrogen-bond acceptors (Lipinski definition) is 4. The van der Waals surface area contributed by atoms with Gasteiger partial charge in [0.2, 0.25) is 5.67 Å². The minimum atomic E-state index is -2.14. The Morgan fingerprint density at radius 1 is 1.42 bits per heavy atom. The topological polar surface area (TPSA) is 48.4 Å². The molecule has 1 aromatic rings. The third-order valence-corrected chi connectivity index (χ3v) is 5.56. The molecule has 0 unspecified atom stereocenters. The molecule has 1 aliphatic carbocycles. The molecular weight excluding hydrogens is 311 g/mol. The molecule has 1 spiro atoms. The molecule has 4 rings (SSSR count). The molecule has 1 aromatic heterocycles. The predicted octanol–water partition coefficient (Wildman–Crippen LogP) is 2.74.